The SMILES string of the molecule is CCCCCC/C=C/C1(CCCCCCC)N=Cc2c1ccc1ccccc21. The average Bonchev–Trinajstić information content (AvgIpc) is 3.10. The molecule has 1 nitrogen and oxygen atoms in total. The highest BCUT2D eigenvalue weighted by Gasteiger charge is 2.34. The minimum absolute atomic E-state index is 0.143. The van der Waals surface area contributed by atoms with Crippen molar-refractivity contribution in [1.29, 1.82) is 0 Å². The van der Waals surface area contributed by atoms with Crippen LogP contribution in [0.1, 0.15) is 95.6 Å². The molecule has 0 radical (unpaired) electrons. The first-order chi connectivity index (χ1) is 13.8. The van der Waals surface area contributed by atoms with Gasteiger partial charge in [0.25, 0.3) is 0 Å². The highest BCUT2D eigenvalue weighted by molar-refractivity contribution is 6.03. The summed E-state index contributed by atoms with van der Waals surface area (Å²) in [7, 11) is 0. The third-order valence-corrected chi connectivity index (χ3v) is 6.14. The van der Waals surface area contributed by atoms with Crippen LogP contribution in [-0.2, 0) is 5.54 Å². The number of aliphatic imine (C=N–C) groups is 1. The van der Waals surface area contributed by atoms with Crippen LogP contribution >= 0.6 is 0 Å². The van der Waals surface area contributed by atoms with Crippen molar-refractivity contribution >= 4 is 17.0 Å². The number of benzene rings is 2. The van der Waals surface area contributed by atoms with Crippen molar-refractivity contribution in [1.82, 2.24) is 0 Å². The molecule has 0 bridgehead atoms. The highest BCUT2D eigenvalue weighted by atomic mass is 14.9. The van der Waals surface area contributed by atoms with Gasteiger partial charge in [0.1, 0.15) is 5.54 Å². The normalized spacial score (nSPS) is 18.4. The molecule has 0 fully saturated rings. The lowest BCUT2D eigenvalue weighted by Gasteiger charge is -2.25. The maximum absolute atomic E-state index is 5.13. The monoisotopic (exact) mass is 375 g/mol. The van der Waals surface area contributed by atoms with Gasteiger partial charge in [0, 0.05) is 11.8 Å². The quantitative estimate of drug-likeness (QED) is 0.261. The van der Waals surface area contributed by atoms with Gasteiger partial charge in [0.15, 0.2) is 0 Å². The van der Waals surface area contributed by atoms with E-state index < -0.39 is 0 Å². The molecule has 1 unspecified atom stereocenters. The number of allylic oxidation sites excluding steroid dienone is 1. The second-order valence-electron chi connectivity index (χ2n) is 8.35. The van der Waals surface area contributed by atoms with Gasteiger partial charge < -0.3 is 0 Å². The smallest absolute Gasteiger partial charge is 0.104 e. The predicted octanol–water partition coefficient (Wildman–Crippen LogP) is 8.35. The lowest BCUT2D eigenvalue weighted by atomic mass is 9.83. The third kappa shape index (κ3) is 4.93. The standard InChI is InChI=1S/C27H37N/c1-3-5-7-9-11-15-21-27(20-14-10-8-6-4-2)26-19-18-23-16-12-13-17-24(23)25(26)22-28-27/h12-13,15-19,21-22H,3-11,14,20H2,1-2H3/b21-15+. The van der Waals surface area contributed by atoms with E-state index in [1.165, 1.54) is 86.1 Å². The van der Waals surface area contributed by atoms with Crippen molar-refractivity contribution in [3.63, 3.8) is 0 Å². The molecule has 1 heteroatoms. The number of unbranched alkanes of at least 4 members (excludes halogenated alkanes) is 8. The molecule has 0 aliphatic carbocycles. The topological polar surface area (TPSA) is 12.4 Å². The van der Waals surface area contributed by atoms with Gasteiger partial charge in [-0.3, -0.25) is 4.99 Å². The van der Waals surface area contributed by atoms with E-state index in [0.29, 0.717) is 0 Å². The Balaban J connectivity index is 1.79. The largest absolute Gasteiger partial charge is 0.277 e. The maximum Gasteiger partial charge on any atom is 0.104 e. The Bertz CT molecular complexity index is 801. The first-order valence-electron chi connectivity index (χ1n) is 11.6. The van der Waals surface area contributed by atoms with Gasteiger partial charge in [-0.25, -0.2) is 0 Å². The second-order valence-corrected chi connectivity index (χ2v) is 8.35. The van der Waals surface area contributed by atoms with Crippen molar-refractivity contribution in [3.8, 4) is 0 Å². The highest BCUT2D eigenvalue weighted by Crippen LogP contribution is 2.41. The fourth-order valence-electron chi connectivity index (χ4n) is 4.44. The van der Waals surface area contributed by atoms with Crippen molar-refractivity contribution < 1.29 is 0 Å². The van der Waals surface area contributed by atoms with Crippen molar-refractivity contribution in [3.05, 3.63) is 59.7 Å². The van der Waals surface area contributed by atoms with E-state index in [4.69, 9.17) is 4.99 Å². The molecule has 0 saturated carbocycles. The predicted molar refractivity (Wildman–Crippen MR) is 124 cm³/mol. The molecule has 150 valence electrons. The summed E-state index contributed by atoms with van der Waals surface area (Å²) in [5, 5.41) is 2.66. The first kappa shape index (κ1) is 20.8. The van der Waals surface area contributed by atoms with E-state index in [9.17, 15) is 0 Å². The Morgan fingerprint density at radius 1 is 0.821 bits per heavy atom. The number of nitrogens with zero attached hydrogens (tertiary/aromatic N) is 1. The van der Waals surface area contributed by atoms with Crippen molar-refractivity contribution in [2.45, 2.75) is 90.0 Å². The maximum atomic E-state index is 5.13. The fraction of sp³-hybridized carbons (Fsp3) is 0.519. The molecule has 0 saturated heterocycles. The fourth-order valence-corrected chi connectivity index (χ4v) is 4.44. The Morgan fingerprint density at radius 3 is 2.39 bits per heavy atom. The Kier molecular flexibility index (Phi) is 7.89. The molecular weight excluding hydrogens is 338 g/mol. The van der Waals surface area contributed by atoms with Crippen molar-refractivity contribution in [2.24, 2.45) is 4.99 Å². The van der Waals surface area contributed by atoms with E-state index in [0.717, 1.165) is 6.42 Å². The van der Waals surface area contributed by atoms with Crippen LogP contribution in [-0.4, -0.2) is 6.21 Å². The summed E-state index contributed by atoms with van der Waals surface area (Å²) >= 11 is 0. The van der Waals surface area contributed by atoms with E-state index >= 15 is 0 Å². The lowest BCUT2D eigenvalue weighted by Crippen LogP contribution is -2.19. The second kappa shape index (κ2) is 10.6. The van der Waals surface area contributed by atoms with Crippen LogP contribution in [0.25, 0.3) is 10.8 Å². The third-order valence-electron chi connectivity index (χ3n) is 6.14. The summed E-state index contributed by atoms with van der Waals surface area (Å²) < 4.78 is 0. The Labute approximate surface area is 172 Å². The van der Waals surface area contributed by atoms with E-state index in [1.807, 2.05) is 0 Å². The molecule has 2 aromatic rings. The van der Waals surface area contributed by atoms with Crippen LogP contribution in [0.4, 0.5) is 0 Å². The van der Waals surface area contributed by atoms with E-state index in [2.05, 4.69) is 68.6 Å². The van der Waals surface area contributed by atoms with Crippen LogP contribution in [0.3, 0.4) is 0 Å². The molecule has 0 N–H and O–H groups in total. The van der Waals surface area contributed by atoms with Gasteiger partial charge in [0.05, 0.1) is 0 Å². The molecule has 0 amide bonds. The molecule has 1 aliphatic rings. The summed E-state index contributed by atoms with van der Waals surface area (Å²) in [6, 6.07) is 13.3. The van der Waals surface area contributed by atoms with Gasteiger partial charge in [-0.05, 0) is 35.6 Å². The Morgan fingerprint density at radius 2 is 1.57 bits per heavy atom. The van der Waals surface area contributed by atoms with E-state index in [1.54, 1.807) is 0 Å². The minimum Gasteiger partial charge on any atom is -0.277 e. The van der Waals surface area contributed by atoms with Gasteiger partial charge in [0.2, 0.25) is 0 Å². The number of hydrogen-bond donors (Lipinski definition) is 0. The molecule has 28 heavy (non-hydrogen) atoms. The molecule has 1 atom stereocenters. The van der Waals surface area contributed by atoms with Crippen molar-refractivity contribution in [2.75, 3.05) is 0 Å². The lowest BCUT2D eigenvalue weighted by molar-refractivity contribution is 0.477. The summed E-state index contributed by atoms with van der Waals surface area (Å²) in [6.45, 7) is 4.56. The Hall–Kier alpha value is -1.89. The summed E-state index contributed by atoms with van der Waals surface area (Å²) in [5.41, 5.74) is 2.60. The molecular formula is C27H37N. The van der Waals surface area contributed by atoms with Crippen LogP contribution in [0.2, 0.25) is 0 Å². The van der Waals surface area contributed by atoms with Gasteiger partial charge in [-0.15, -0.1) is 0 Å². The number of rotatable bonds is 12. The zero-order valence-corrected chi connectivity index (χ0v) is 17.9. The van der Waals surface area contributed by atoms with E-state index in [-0.39, 0.29) is 5.54 Å². The molecule has 0 aromatic heterocycles. The molecule has 1 heterocycles. The van der Waals surface area contributed by atoms with Gasteiger partial charge >= 0.3 is 0 Å². The first-order valence-corrected chi connectivity index (χ1v) is 11.6. The summed E-state index contributed by atoms with van der Waals surface area (Å²) in [6.07, 6.45) is 21.1. The zero-order chi connectivity index (χ0) is 19.7. The zero-order valence-electron chi connectivity index (χ0n) is 17.9. The number of hydrogen-bond acceptors (Lipinski definition) is 1. The molecule has 2 aromatic carbocycles. The minimum atomic E-state index is -0.143. The van der Waals surface area contributed by atoms with Crippen LogP contribution in [0.15, 0.2) is 53.5 Å². The van der Waals surface area contributed by atoms with Crippen LogP contribution < -0.4 is 0 Å². The molecule has 1 aliphatic heterocycles. The van der Waals surface area contributed by atoms with Gasteiger partial charge in [-0.2, -0.15) is 0 Å². The summed E-state index contributed by atoms with van der Waals surface area (Å²) in [5.74, 6) is 0. The molecule has 0 spiro atoms. The van der Waals surface area contributed by atoms with Gasteiger partial charge in [-0.1, -0.05) is 114 Å². The summed E-state index contributed by atoms with van der Waals surface area (Å²) in [4.78, 5) is 5.13. The average molecular weight is 376 g/mol. The molecule has 3 rings (SSSR count). The van der Waals surface area contributed by atoms with Crippen LogP contribution in [0, 0.1) is 0 Å². The number of fused-ring (bicyclic) bond motifs is 3. The van der Waals surface area contributed by atoms with Crippen LogP contribution in [0.5, 0.6) is 0 Å².